The highest BCUT2D eigenvalue weighted by molar-refractivity contribution is 9.11. The van der Waals surface area contributed by atoms with Gasteiger partial charge in [-0.2, -0.15) is 5.06 Å². The predicted molar refractivity (Wildman–Crippen MR) is 70.8 cm³/mol. The van der Waals surface area contributed by atoms with Crippen LogP contribution in [0.5, 0.6) is 0 Å². The van der Waals surface area contributed by atoms with E-state index in [0.717, 1.165) is 48.8 Å². The Bertz CT molecular complexity index is 342. The smallest absolute Gasteiger partial charge is 0.159 e. The molecule has 0 radical (unpaired) electrons. The van der Waals surface area contributed by atoms with Crippen molar-refractivity contribution in [2.24, 2.45) is 5.92 Å². The van der Waals surface area contributed by atoms with E-state index in [9.17, 15) is 0 Å². The van der Waals surface area contributed by atoms with Gasteiger partial charge in [-0.3, -0.25) is 0 Å². The van der Waals surface area contributed by atoms with Gasteiger partial charge in [0.2, 0.25) is 0 Å². The molecular weight excluding hydrogens is 304 g/mol. The van der Waals surface area contributed by atoms with E-state index < -0.39 is 0 Å². The van der Waals surface area contributed by atoms with E-state index in [1.54, 1.807) is 18.4 Å². The van der Waals surface area contributed by atoms with Gasteiger partial charge >= 0.3 is 0 Å². The SMILES string of the molecule is CON(Cc1csc(Br)n1)CC1CCOCC1. The van der Waals surface area contributed by atoms with Gasteiger partial charge in [0.05, 0.1) is 19.3 Å². The van der Waals surface area contributed by atoms with Gasteiger partial charge in [-0.05, 0) is 34.7 Å². The average molecular weight is 321 g/mol. The molecule has 0 amide bonds. The van der Waals surface area contributed by atoms with Crippen molar-refractivity contribution in [3.63, 3.8) is 0 Å². The van der Waals surface area contributed by atoms with Crippen LogP contribution in [0.1, 0.15) is 18.5 Å². The first kappa shape index (κ1) is 13.4. The lowest BCUT2D eigenvalue weighted by Crippen LogP contribution is -2.31. The van der Waals surface area contributed by atoms with E-state index in [1.165, 1.54) is 0 Å². The molecule has 1 saturated heterocycles. The van der Waals surface area contributed by atoms with Crippen molar-refractivity contribution in [1.82, 2.24) is 10.0 Å². The van der Waals surface area contributed by atoms with E-state index in [0.29, 0.717) is 5.92 Å². The number of hydrogen-bond acceptors (Lipinski definition) is 5. The highest BCUT2D eigenvalue weighted by Gasteiger charge is 2.18. The molecule has 17 heavy (non-hydrogen) atoms. The zero-order chi connectivity index (χ0) is 12.1. The van der Waals surface area contributed by atoms with Gasteiger partial charge in [0.15, 0.2) is 3.92 Å². The summed E-state index contributed by atoms with van der Waals surface area (Å²) >= 11 is 4.98. The van der Waals surface area contributed by atoms with Crippen molar-refractivity contribution in [3.8, 4) is 0 Å². The van der Waals surface area contributed by atoms with Gasteiger partial charge in [0.1, 0.15) is 0 Å². The second kappa shape index (κ2) is 6.80. The Morgan fingerprint density at radius 3 is 2.94 bits per heavy atom. The summed E-state index contributed by atoms with van der Waals surface area (Å²) in [6, 6.07) is 0. The lowest BCUT2D eigenvalue weighted by Gasteiger charge is -2.27. The van der Waals surface area contributed by atoms with Crippen molar-refractivity contribution in [2.45, 2.75) is 19.4 Å². The lowest BCUT2D eigenvalue weighted by molar-refractivity contribution is -0.153. The highest BCUT2D eigenvalue weighted by atomic mass is 79.9. The van der Waals surface area contributed by atoms with Gasteiger partial charge in [-0.15, -0.1) is 11.3 Å². The third-order valence-corrected chi connectivity index (χ3v) is 4.34. The van der Waals surface area contributed by atoms with E-state index in [1.807, 2.05) is 5.06 Å². The standard InChI is InChI=1S/C11H17BrN2O2S/c1-15-14(6-9-2-4-16-5-3-9)7-10-8-17-11(12)13-10/h8-9H,2-7H2,1H3. The highest BCUT2D eigenvalue weighted by Crippen LogP contribution is 2.20. The molecular formula is C11H17BrN2O2S. The number of hydrogen-bond donors (Lipinski definition) is 0. The third kappa shape index (κ3) is 4.30. The normalized spacial score (nSPS) is 17.8. The van der Waals surface area contributed by atoms with Gasteiger partial charge in [-0.1, -0.05) is 0 Å². The van der Waals surface area contributed by atoms with Crippen LogP contribution in [0.25, 0.3) is 0 Å². The molecule has 2 heterocycles. The lowest BCUT2D eigenvalue weighted by atomic mass is 10.0. The summed E-state index contributed by atoms with van der Waals surface area (Å²) < 4.78 is 6.29. The van der Waals surface area contributed by atoms with Crippen LogP contribution in [0, 0.1) is 5.92 Å². The van der Waals surface area contributed by atoms with Crippen molar-refractivity contribution < 1.29 is 9.57 Å². The fourth-order valence-electron chi connectivity index (χ4n) is 1.96. The monoisotopic (exact) mass is 320 g/mol. The Hall–Kier alpha value is -0.0100. The quantitative estimate of drug-likeness (QED) is 0.781. The van der Waals surface area contributed by atoms with E-state index >= 15 is 0 Å². The Labute approximate surface area is 114 Å². The van der Waals surface area contributed by atoms with Crippen LogP contribution in [0.3, 0.4) is 0 Å². The zero-order valence-electron chi connectivity index (χ0n) is 9.89. The number of hydroxylamine groups is 2. The van der Waals surface area contributed by atoms with Crippen molar-refractivity contribution in [1.29, 1.82) is 0 Å². The molecule has 1 aliphatic rings. The maximum atomic E-state index is 5.41. The van der Waals surface area contributed by atoms with Crippen LogP contribution in [-0.4, -0.2) is 36.9 Å². The van der Waals surface area contributed by atoms with Gasteiger partial charge in [-0.25, -0.2) is 4.98 Å². The second-order valence-electron chi connectivity index (χ2n) is 4.15. The van der Waals surface area contributed by atoms with Crippen molar-refractivity contribution >= 4 is 27.3 Å². The van der Waals surface area contributed by atoms with Gasteiger partial charge in [0, 0.05) is 25.1 Å². The van der Waals surface area contributed by atoms with Crippen LogP contribution in [-0.2, 0) is 16.1 Å². The number of halogens is 1. The van der Waals surface area contributed by atoms with Crippen LogP contribution in [0.15, 0.2) is 9.30 Å². The molecule has 1 aliphatic heterocycles. The molecule has 96 valence electrons. The first-order valence-corrected chi connectivity index (χ1v) is 7.42. The molecule has 0 unspecified atom stereocenters. The van der Waals surface area contributed by atoms with E-state index in [2.05, 4.69) is 26.3 Å². The third-order valence-electron chi connectivity index (χ3n) is 2.92. The topological polar surface area (TPSA) is 34.6 Å². The predicted octanol–water partition coefficient (Wildman–Crippen LogP) is 2.70. The van der Waals surface area contributed by atoms with Gasteiger partial charge < -0.3 is 9.57 Å². The largest absolute Gasteiger partial charge is 0.381 e. The molecule has 0 saturated carbocycles. The van der Waals surface area contributed by atoms with Crippen LogP contribution in [0.2, 0.25) is 0 Å². The summed E-state index contributed by atoms with van der Waals surface area (Å²) in [4.78, 5) is 9.79. The molecule has 4 nitrogen and oxygen atoms in total. The molecule has 0 aromatic carbocycles. The summed E-state index contributed by atoms with van der Waals surface area (Å²) in [6.07, 6.45) is 2.25. The summed E-state index contributed by atoms with van der Waals surface area (Å²) in [5.41, 5.74) is 1.05. The summed E-state index contributed by atoms with van der Waals surface area (Å²) in [5.74, 6) is 0.672. The molecule has 0 N–H and O–H groups in total. The average Bonchev–Trinajstić information content (AvgIpc) is 2.75. The minimum absolute atomic E-state index is 0.672. The van der Waals surface area contributed by atoms with Crippen LogP contribution < -0.4 is 0 Å². The van der Waals surface area contributed by atoms with E-state index in [4.69, 9.17) is 9.57 Å². The first-order valence-electron chi connectivity index (χ1n) is 5.74. The van der Waals surface area contributed by atoms with Gasteiger partial charge in [0.25, 0.3) is 0 Å². The Balaban J connectivity index is 1.83. The zero-order valence-corrected chi connectivity index (χ0v) is 12.3. The molecule has 0 spiro atoms. The summed E-state index contributed by atoms with van der Waals surface area (Å²) in [7, 11) is 1.72. The molecule has 0 aliphatic carbocycles. The Morgan fingerprint density at radius 1 is 1.59 bits per heavy atom. The van der Waals surface area contributed by atoms with Crippen molar-refractivity contribution in [2.75, 3.05) is 26.9 Å². The molecule has 6 heteroatoms. The minimum atomic E-state index is 0.672. The Kier molecular flexibility index (Phi) is 5.37. The fourth-order valence-corrected chi connectivity index (χ4v) is 2.99. The molecule has 0 bridgehead atoms. The summed E-state index contributed by atoms with van der Waals surface area (Å²) in [6.45, 7) is 3.46. The number of ether oxygens (including phenoxy) is 1. The van der Waals surface area contributed by atoms with Crippen molar-refractivity contribution in [3.05, 3.63) is 15.0 Å². The number of nitrogens with zero attached hydrogens (tertiary/aromatic N) is 2. The molecule has 0 atom stereocenters. The summed E-state index contributed by atoms with van der Waals surface area (Å²) in [5, 5.41) is 4.04. The molecule has 1 aromatic rings. The fraction of sp³-hybridized carbons (Fsp3) is 0.727. The molecule has 2 rings (SSSR count). The number of rotatable bonds is 5. The minimum Gasteiger partial charge on any atom is -0.381 e. The van der Waals surface area contributed by atoms with E-state index in [-0.39, 0.29) is 0 Å². The second-order valence-corrected chi connectivity index (χ2v) is 6.29. The maximum absolute atomic E-state index is 5.41. The van der Waals surface area contributed by atoms with Crippen LogP contribution in [0.4, 0.5) is 0 Å². The Morgan fingerprint density at radius 2 is 2.35 bits per heavy atom. The molecule has 1 aromatic heterocycles. The number of aromatic nitrogens is 1. The number of thiazole rings is 1. The van der Waals surface area contributed by atoms with Crippen LogP contribution >= 0.6 is 27.3 Å². The molecule has 1 fully saturated rings. The first-order chi connectivity index (χ1) is 8.28. The maximum Gasteiger partial charge on any atom is 0.159 e.